The Kier molecular flexibility index (Phi) is 13.3. The van der Waals surface area contributed by atoms with Crippen LogP contribution in [0.1, 0.15) is 163 Å². The van der Waals surface area contributed by atoms with E-state index in [0.29, 0.717) is 41.3 Å². The lowest BCUT2D eigenvalue weighted by Crippen LogP contribution is -2.36. The molecule has 3 aromatic carbocycles. The Morgan fingerprint density at radius 1 is 0.547 bits per heavy atom. The summed E-state index contributed by atoms with van der Waals surface area (Å²) in [5, 5.41) is 13.0. The van der Waals surface area contributed by atoms with Crippen molar-refractivity contribution in [3.63, 3.8) is 0 Å². The molecule has 11 nitrogen and oxygen atoms in total. The average molecular weight is 867 g/mol. The van der Waals surface area contributed by atoms with E-state index < -0.39 is 0 Å². The Balaban J connectivity index is 0.752. The van der Waals surface area contributed by atoms with Crippen LogP contribution in [0.25, 0.3) is 32.7 Å². The van der Waals surface area contributed by atoms with Crippen LogP contribution >= 0.6 is 0 Å². The molecule has 0 spiro atoms. The zero-order chi connectivity index (χ0) is 44.2. The van der Waals surface area contributed by atoms with Gasteiger partial charge in [0.15, 0.2) is 0 Å². The predicted molar refractivity (Wildman–Crippen MR) is 255 cm³/mol. The molecule has 6 N–H and O–H groups in total. The number of nitrogens with one attached hydrogen (secondary N) is 6. The number of hydrogen-bond acceptors (Lipinski definition) is 5. The molecule has 2 unspecified atom stereocenters. The third-order valence-electron chi connectivity index (χ3n) is 14.6. The average Bonchev–Trinajstić information content (AvgIpc) is 3.94. The summed E-state index contributed by atoms with van der Waals surface area (Å²) in [6.07, 6.45) is 17.9. The zero-order valence-electron chi connectivity index (χ0n) is 37.9. The summed E-state index contributed by atoms with van der Waals surface area (Å²) in [5.41, 5.74) is 8.25. The number of aryl methyl sites for hydroxylation is 2. The van der Waals surface area contributed by atoms with Crippen LogP contribution in [0.3, 0.4) is 0 Å². The first kappa shape index (κ1) is 43.5. The number of aromatic nitrogens is 3. The highest BCUT2D eigenvalue weighted by Gasteiger charge is 2.26. The molecule has 3 aliphatic rings. The normalized spacial score (nSPS) is 21.4. The number of carbonyl (C=O) groups is 3. The quantitative estimate of drug-likeness (QED) is 0.0716. The number of carbonyl (C=O) groups excluding carboxylic acids is 3. The molecule has 64 heavy (non-hydrogen) atoms. The number of H-pyrrole nitrogens is 3. The molecule has 11 heteroatoms. The Morgan fingerprint density at radius 2 is 1.09 bits per heavy atom. The highest BCUT2D eigenvalue weighted by atomic mass is 16.5. The predicted octanol–water partition coefficient (Wildman–Crippen LogP) is 11.2. The topological polar surface area (TPSA) is 153 Å². The number of ether oxygens (including phenoxy) is 2. The maximum Gasteiger partial charge on any atom is 0.267 e. The van der Waals surface area contributed by atoms with Crippen molar-refractivity contribution in [3.05, 3.63) is 94.4 Å². The summed E-state index contributed by atoms with van der Waals surface area (Å²) >= 11 is 0. The molecule has 0 aliphatic heterocycles. The summed E-state index contributed by atoms with van der Waals surface area (Å²) in [5.74, 6) is 2.10. The number of amides is 3. The van der Waals surface area contributed by atoms with Gasteiger partial charge in [0.1, 0.15) is 28.6 Å². The lowest BCUT2D eigenvalue weighted by atomic mass is 9.89. The summed E-state index contributed by atoms with van der Waals surface area (Å²) in [7, 11) is 1.66. The van der Waals surface area contributed by atoms with Gasteiger partial charge in [-0.2, -0.15) is 0 Å². The molecule has 3 heterocycles. The van der Waals surface area contributed by atoms with Crippen LogP contribution in [0.4, 0.5) is 0 Å². The van der Waals surface area contributed by atoms with Crippen LogP contribution < -0.4 is 25.4 Å². The van der Waals surface area contributed by atoms with E-state index in [9.17, 15) is 14.4 Å². The summed E-state index contributed by atoms with van der Waals surface area (Å²) < 4.78 is 12.1. The van der Waals surface area contributed by atoms with E-state index in [-0.39, 0.29) is 35.8 Å². The van der Waals surface area contributed by atoms with Gasteiger partial charge in [-0.15, -0.1) is 0 Å². The number of fused-ring (bicyclic) bond motifs is 3. The molecule has 0 saturated heterocycles. The molecular formula is C53H66N6O5. The number of hydrogen-bond donors (Lipinski definition) is 6. The highest BCUT2D eigenvalue weighted by Crippen LogP contribution is 2.36. The summed E-state index contributed by atoms with van der Waals surface area (Å²) in [4.78, 5) is 50.2. The fourth-order valence-electron chi connectivity index (χ4n) is 10.9. The van der Waals surface area contributed by atoms with Crippen LogP contribution in [0.15, 0.2) is 60.7 Å². The number of rotatable bonds is 11. The largest absolute Gasteiger partial charge is 0.496 e. The molecule has 6 aromatic rings. The van der Waals surface area contributed by atoms with Crippen LogP contribution in [0.5, 0.6) is 11.5 Å². The minimum atomic E-state index is -0.0651. The van der Waals surface area contributed by atoms with Crippen molar-refractivity contribution < 1.29 is 23.9 Å². The van der Waals surface area contributed by atoms with Gasteiger partial charge in [0.05, 0.1) is 19.2 Å². The molecule has 0 bridgehead atoms. The van der Waals surface area contributed by atoms with Crippen molar-refractivity contribution in [1.82, 2.24) is 30.9 Å². The lowest BCUT2D eigenvalue weighted by molar-refractivity contribution is 0.0916. The molecule has 3 aliphatic carbocycles. The summed E-state index contributed by atoms with van der Waals surface area (Å²) in [6, 6.07) is 20.9. The first-order valence-electron chi connectivity index (χ1n) is 24.1. The minimum absolute atomic E-state index is 0.0334. The van der Waals surface area contributed by atoms with Gasteiger partial charge >= 0.3 is 0 Å². The van der Waals surface area contributed by atoms with E-state index in [0.717, 1.165) is 127 Å². The zero-order valence-corrected chi connectivity index (χ0v) is 37.9. The Hall–Kier alpha value is -5.71. The van der Waals surface area contributed by atoms with Gasteiger partial charge in [0.25, 0.3) is 17.7 Å². The minimum Gasteiger partial charge on any atom is -0.496 e. The van der Waals surface area contributed by atoms with Crippen molar-refractivity contribution in [2.45, 2.75) is 147 Å². The second-order valence-corrected chi connectivity index (χ2v) is 19.2. The lowest BCUT2D eigenvalue weighted by Gasteiger charge is -2.25. The van der Waals surface area contributed by atoms with Crippen LogP contribution in [-0.4, -0.2) is 64.5 Å². The van der Waals surface area contributed by atoms with Gasteiger partial charge < -0.3 is 40.4 Å². The molecule has 3 saturated carbocycles. The smallest absolute Gasteiger partial charge is 0.267 e. The maximum absolute atomic E-state index is 13.7. The Bertz CT molecular complexity index is 2600. The van der Waals surface area contributed by atoms with Gasteiger partial charge in [-0.25, -0.2) is 0 Å². The van der Waals surface area contributed by atoms with Crippen LogP contribution in [0.2, 0.25) is 0 Å². The SMILES string of the molecule is COc1cc(OCC2CCCC(NC(=O)c3cc4c(C)cc(C5CCCC(NC(=O)c6cc7c(C)cccc7[nH]6)CC5)cc4[nH]3)CCC2)cc2[nH]c(C(=O)NC3CCCCCC3)cc12. The van der Waals surface area contributed by atoms with E-state index in [1.54, 1.807) is 7.11 Å². The van der Waals surface area contributed by atoms with Crippen LogP contribution in [0, 0.1) is 19.8 Å². The highest BCUT2D eigenvalue weighted by molar-refractivity contribution is 6.01. The van der Waals surface area contributed by atoms with Crippen molar-refractivity contribution in [1.29, 1.82) is 0 Å². The molecular weight excluding hydrogens is 801 g/mol. The van der Waals surface area contributed by atoms with E-state index in [1.807, 2.05) is 42.5 Å². The van der Waals surface area contributed by atoms with Gasteiger partial charge in [0.2, 0.25) is 0 Å². The van der Waals surface area contributed by atoms with Crippen molar-refractivity contribution in [2.75, 3.05) is 13.7 Å². The monoisotopic (exact) mass is 867 g/mol. The second-order valence-electron chi connectivity index (χ2n) is 19.2. The molecule has 3 aromatic heterocycles. The van der Waals surface area contributed by atoms with Gasteiger partial charge in [-0.1, -0.05) is 63.1 Å². The number of aromatic amines is 3. The molecule has 3 fully saturated rings. The van der Waals surface area contributed by atoms with Crippen molar-refractivity contribution in [2.24, 2.45) is 5.92 Å². The molecule has 2 atom stereocenters. The molecule has 9 rings (SSSR count). The molecule has 338 valence electrons. The third-order valence-corrected chi connectivity index (χ3v) is 14.6. The van der Waals surface area contributed by atoms with Crippen molar-refractivity contribution in [3.8, 4) is 11.5 Å². The second kappa shape index (κ2) is 19.6. The van der Waals surface area contributed by atoms with E-state index in [4.69, 9.17) is 9.47 Å². The van der Waals surface area contributed by atoms with Gasteiger partial charge in [-0.05, 0) is 137 Å². The molecule has 3 amide bonds. The first-order valence-corrected chi connectivity index (χ1v) is 24.1. The van der Waals surface area contributed by atoms with E-state index in [1.165, 1.54) is 36.8 Å². The molecule has 0 radical (unpaired) electrons. The fraction of sp³-hybridized carbons (Fsp3) is 0.491. The number of methoxy groups -OCH3 is 1. The van der Waals surface area contributed by atoms with Crippen molar-refractivity contribution >= 4 is 50.4 Å². The van der Waals surface area contributed by atoms with Gasteiger partial charge in [-0.3, -0.25) is 14.4 Å². The van der Waals surface area contributed by atoms with Gasteiger partial charge in [0, 0.05) is 57.5 Å². The van der Waals surface area contributed by atoms with Crippen LogP contribution in [-0.2, 0) is 0 Å². The standard InChI is InChI=1S/C53H66N6O5/c1-32-12-8-21-44-41(32)28-47(57-44)51(60)56-39-20-11-15-35(22-23-39)36-24-33(2)42-29-48(58-45(42)25-36)52(61)55-38-18-9-13-34(14-10-19-38)31-64-40-26-46-43(50(27-40)63-3)30-49(59-46)53(62)54-37-16-6-4-5-7-17-37/h8,12,21,24-30,34-35,37-39,57-59H,4-7,9-11,13-20,22-23,31H2,1-3H3,(H,54,62)(H,55,61)(H,56,60). The Morgan fingerprint density at radius 3 is 1.72 bits per heavy atom. The van der Waals surface area contributed by atoms with E-state index >= 15 is 0 Å². The maximum atomic E-state index is 13.7. The first-order chi connectivity index (χ1) is 31.2. The summed E-state index contributed by atoms with van der Waals surface area (Å²) in [6.45, 7) is 4.82. The van der Waals surface area contributed by atoms with E-state index in [2.05, 4.69) is 62.9 Å². The number of benzene rings is 3. The third kappa shape index (κ3) is 9.98. The fourth-order valence-corrected chi connectivity index (χ4v) is 10.9. The Labute approximate surface area is 376 Å².